The van der Waals surface area contributed by atoms with Crippen molar-refractivity contribution in [2.45, 2.75) is 52.4 Å². The maximum absolute atomic E-state index is 13.1. The fourth-order valence-electron chi connectivity index (χ4n) is 3.79. The largest absolute Gasteiger partial charge is 0.507 e. The third-order valence-electron chi connectivity index (χ3n) is 5.51. The average Bonchev–Trinajstić information content (AvgIpc) is 2.63. The Morgan fingerprint density at radius 2 is 1.65 bits per heavy atom. The summed E-state index contributed by atoms with van der Waals surface area (Å²) in [5.41, 5.74) is 1.11. The fraction of sp³-hybridized carbons (Fsp3) is 0.364. The van der Waals surface area contributed by atoms with Gasteiger partial charge in [-0.3, -0.25) is 9.59 Å². The summed E-state index contributed by atoms with van der Waals surface area (Å²) in [6.45, 7) is 7.63. The molecular weight excluding hydrogens is 328 g/mol. The van der Waals surface area contributed by atoms with Crippen LogP contribution in [0.25, 0.3) is 17.1 Å². The maximum atomic E-state index is 13.1. The lowest BCUT2D eigenvalue weighted by atomic mass is 9.68. The molecule has 4 heteroatoms. The zero-order valence-corrected chi connectivity index (χ0v) is 15.7. The number of allylic oxidation sites excluding steroid dienone is 1. The highest BCUT2D eigenvalue weighted by Crippen LogP contribution is 2.44. The maximum Gasteiger partial charge on any atom is 0.196 e. The third-order valence-corrected chi connectivity index (χ3v) is 5.51. The van der Waals surface area contributed by atoms with E-state index in [1.165, 1.54) is 6.07 Å². The van der Waals surface area contributed by atoms with Crippen LogP contribution in [0.5, 0.6) is 0 Å². The zero-order chi connectivity index (χ0) is 19.1. The number of aliphatic hydroxyl groups excluding tert-OH is 1. The number of Topliss-reactive ketones (excluding diaryl/α,β-unsaturated/α-hetero) is 1. The molecule has 0 saturated carbocycles. The van der Waals surface area contributed by atoms with E-state index in [4.69, 9.17) is 4.42 Å². The lowest BCUT2D eigenvalue weighted by Crippen LogP contribution is -2.41. The van der Waals surface area contributed by atoms with Gasteiger partial charge >= 0.3 is 0 Å². The number of rotatable bonds is 4. The quantitative estimate of drug-likeness (QED) is 0.847. The van der Waals surface area contributed by atoms with Gasteiger partial charge in [0.1, 0.15) is 22.8 Å². The Morgan fingerprint density at radius 1 is 1.04 bits per heavy atom. The fourth-order valence-corrected chi connectivity index (χ4v) is 3.79. The smallest absolute Gasteiger partial charge is 0.196 e. The minimum absolute atomic E-state index is 0.140. The van der Waals surface area contributed by atoms with E-state index in [2.05, 4.69) is 0 Å². The minimum atomic E-state index is -0.910. The molecule has 136 valence electrons. The van der Waals surface area contributed by atoms with Crippen molar-refractivity contribution in [2.75, 3.05) is 0 Å². The third kappa shape index (κ3) is 2.52. The van der Waals surface area contributed by atoms with Crippen LogP contribution in [0.15, 0.2) is 45.1 Å². The lowest BCUT2D eigenvalue weighted by molar-refractivity contribution is -0.122. The van der Waals surface area contributed by atoms with Gasteiger partial charge in [-0.1, -0.05) is 50.6 Å². The molecule has 4 nitrogen and oxygen atoms in total. The van der Waals surface area contributed by atoms with Gasteiger partial charge in [-0.05, 0) is 26.2 Å². The summed E-state index contributed by atoms with van der Waals surface area (Å²) in [6, 6.07) is 9.06. The first-order valence-corrected chi connectivity index (χ1v) is 9.12. The van der Waals surface area contributed by atoms with Gasteiger partial charge < -0.3 is 9.52 Å². The van der Waals surface area contributed by atoms with Crippen LogP contribution in [-0.2, 0) is 10.2 Å². The van der Waals surface area contributed by atoms with Crippen LogP contribution >= 0.6 is 0 Å². The molecule has 3 rings (SSSR count). The second-order valence-corrected chi connectivity index (χ2v) is 6.84. The molecule has 26 heavy (non-hydrogen) atoms. The Morgan fingerprint density at radius 3 is 2.19 bits per heavy atom. The Kier molecular flexibility index (Phi) is 4.61. The minimum Gasteiger partial charge on any atom is -0.507 e. The highest BCUT2D eigenvalue weighted by atomic mass is 16.3. The van der Waals surface area contributed by atoms with E-state index in [-0.39, 0.29) is 22.5 Å². The van der Waals surface area contributed by atoms with Crippen molar-refractivity contribution >= 4 is 11.5 Å². The molecule has 0 spiro atoms. The van der Waals surface area contributed by atoms with Gasteiger partial charge in [-0.15, -0.1) is 0 Å². The molecule has 0 fully saturated rings. The Bertz CT molecular complexity index is 941. The van der Waals surface area contributed by atoms with E-state index >= 15 is 0 Å². The van der Waals surface area contributed by atoms with E-state index in [1.807, 2.05) is 52.0 Å². The monoisotopic (exact) mass is 352 g/mol. The standard InChI is InChI=1S/C22H24O4/c1-5-15-19(24)18-16(23)12-17(14-10-8-13(4)9-11-14)26-21(18)22(6-2,7-3)20(15)25/h8-12,24H,5-7H2,1-4H3. The average molecular weight is 352 g/mol. The van der Waals surface area contributed by atoms with Crippen LogP contribution in [0.3, 0.4) is 0 Å². The summed E-state index contributed by atoms with van der Waals surface area (Å²) in [5.74, 6) is 0.347. The normalized spacial score (nSPS) is 15.9. The van der Waals surface area contributed by atoms with Gasteiger partial charge in [-0.25, -0.2) is 0 Å². The summed E-state index contributed by atoms with van der Waals surface area (Å²) in [7, 11) is 0. The van der Waals surface area contributed by atoms with Crippen molar-refractivity contribution in [2.24, 2.45) is 0 Å². The number of hydrogen-bond donors (Lipinski definition) is 1. The van der Waals surface area contributed by atoms with E-state index < -0.39 is 5.41 Å². The molecule has 0 aliphatic heterocycles. The van der Waals surface area contributed by atoms with Crippen molar-refractivity contribution in [3.63, 3.8) is 0 Å². The topological polar surface area (TPSA) is 67.5 Å². The van der Waals surface area contributed by atoms with Crippen LogP contribution in [0, 0.1) is 6.92 Å². The molecule has 0 amide bonds. The first kappa shape index (κ1) is 18.2. The van der Waals surface area contributed by atoms with Crippen LogP contribution < -0.4 is 5.43 Å². The van der Waals surface area contributed by atoms with Gasteiger partial charge in [0.25, 0.3) is 0 Å². The van der Waals surface area contributed by atoms with Crippen molar-refractivity contribution in [3.05, 3.63) is 63.0 Å². The summed E-state index contributed by atoms with van der Waals surface area (Å²) in [4.78, 5) is 26.0. The predicted octanol–water partition coefficient (Wildman–Crippen LogP) is 4.93. The van der Waals surface area contributed by atoms with E-state index in [9.17, 15) is 14.7 Å². The number of benzene rings is 1. The SMILES string of the molecule is CCC1=C(O)c2c(oc(-c3ccc(C)cc3)cc2=O)C(CC)(CC)C1=O. The zero-order valence-electron chi connectivity index (χ0n) is 15.7. The first-order chi connectivity index (χ1) is 12.4. The summed E-state index contributed by atoms with van der Waals surface area (Å²) >= 11 is 0. The number of carbonyl (C=O) groups excluding carboxylic acids is 1. The van der Waals surface area contributed by atoms with E-state index in [0.717, 1.165) is 11.1 Å². The van der Waals surface area contributed by atoms with Gasteiger partial charge in [0.2, 0.25) is 0 Å². The number of aryl methyl sites for hydroxylation is 1. The summed E-state index contributed by atoms with van der Waals surface area (Å²) in [6.07, 6.45) is 1.39. The highest BCUT2D eigenvalue weighted by Gasteiger charge is 2.48. The number of aliphatic hydroxyl groups is 1. The first-order valence-electron chi connectivity index (χ1n) is 9.12. The molecule has 1 aromatic carbocycles. The molecule has 0 bridgehead atoms. The van der Waals surface area contributed by atoms with Crippen molar-refractivity contribution in [1.82, 2.24) is 0 Å². The van der Waals surface area contributed by atoms with Gasteiger partial charge in [0.15, 0.2) is 11.2 Å². The second kappa shape index (κ2) is 6.60. The van der Waals surface area contributed by atoms with Crippen molar-refractivity contribution in [1.29, 1.82) is 0 Å². The van der Waals surface area contributed by atoms with Crippen LogP contribution in [0.2, 0.25) is 0 Å². The molecule has 0 atom stereocenters. The van der Waals surface area contributed by atoms with Crippen LogP contribution in [0.4, 0.5) is 0 Å². The molecule has 1 aliphatic rings. The van der Waals surface area contributed by atoms with Crippen LogP contribution in [-0.4, -0.2) is 10.9 Å². The predicted molar refractivity (Wildman–Crippen MR) is 102 cm³/mol. The molecule has 1 heterocycles. The molecular formula is C22H24O4. The van der Waals surface area contributed by atoms with Gasteiger partial charge in [-0.2, -0.15) is 0 Å². The molecule has 1 N–H and O–H groups in total. The van der Waals surface area contributed by atoms with Gasteiger partial charge in [0.05, 0.1) is 5.41 Å². The summed E-state index contributed by atoms with van der Waals surface area (Å²) in [5, 5.41) is 10.6. The molecule has 0 saturated heterocycles. The number of hydrogen-bond acceptors (Lipinski definition) is 4. The molecule has 0 radical (unpaired) electrons. The van der Waals surface area contributed by atoms with Crippen molar-refractivity contribution < 1.29 is 14.3 Å². The Balaban J connectivity index is 2.35. The van der Waals surface area contributed by atoms with Gasteiger partial charge in [0, 0.05) is 17.2 Å². The number of carbonyl (C=O) groups is 1. The number of ketones is 1. The van der Waals surface area contributed by atoms with Crippen molar-refractivity contribution in [3.8, 4) is 11.3 Å². The molecule has 2 aromatic rings. The molecule has 1 aliphatic carbocycles. The molecule has 0 unspecified atom stereocenters. The Hall–Kier alpha value is -2.62. The highest BCUT2D eigenvalue weighted by molar-refractivity contribution is 6.10. The lowest BCUT2D eigenvalue weighted by Gasteiger charge is -2.35. The summed E-state index contributed by atoms with van der Waals surface area (Å²) < 4.78 is 6.12. The van der Waals surface area contributed by atoms with E-state index in [1.54, 1.807) is 0 Å². The second-order valence-electron chi connectivity index (χ2n) is 6.84. The molecule has 1 aromatic heterocycles. The Labute approximate surface area is 153 Å². The number of fused-ring (bicyclic) bond motifs is 1. The van der Waals surface area contributed by atoms with Crippen LogP contribution in [0.1, 0.15) is 56.9 Å². The van der Waals surface area contributed by atoms with E-state index in [0.29, 0.717) is 36.4 Å².